The van der Waals surface area contributed by atoms with Crippen LogP contribution in [0.3, 0.4) is 0 Å². The van der Waals surface area contributed by atoms with Crippen molar-refractivity contribution in [3.63, 3.8) is 0 Å². The van der Waals surface area contributed by atoms with Gasteiger partial charge in [-0.15, -0.1) is 0 Å². The Morgan fingerprint density at radius 1 is 1.19 bits per heavy atom. The average Bonchev–Trinajstić information content (AvgIpc) is 2.42. The predicted molar refractivity (Wildman–Crippen MR) is 94.3 cm³/mol. The van der Waals surface area contributed by atoms with E-state index in [4.69, 9.17) is 23.8 Å². The molecular weight excluding hydrogens is 426 g/mol. The van der Waals surface area contributed by atoms with Crippen LogP contribution in [0.2, 0.25) is 5.02 Å². The van der Waals surface area contributed by atoms with Gasteiger partial charge in [0.15, 0.2) is 5.11 Å². The van der Waals surface area contributed by atoms with Crippen molar-refractivity contribution in [3.8, 4) is 0 Å². The van der Waals surface area contributed by atoms with Crippen LogP contribution in [-0.4, -0.2) is 11.0 Å². The van der Waals surface area contributed by atoms with E-state index in [1.54, 1.807) is 12.1 Å². The van der Waals surface area contributed by atoms with Crippen molar-refractivity contribution in [2.45, 2.75) is 0 Å². The zero-order valence-electron chi connectivity index (χ0n) is 10.5. The van der Waals surface area contributed by atoms with Gasteiger partial charge in [0.2, 0.25) is 0 Å². The van der Waals surface area contributed by atoms with Crippen LogP contribution < -0.4 is 10.6 Å². The van der Waals surface area contributed by atoms with Gasteiger partial charge in [0.25, 0.3) is 5.91 Å². The van der Waals surface area contributed by atoms with Gasteiger partial charge in [-0.2, -0.15) is 0 Å². The fourth-order valence-electron chi connectivity index (χ4n) is 1.52. The molecule has 0 bridgehead atoms. The number of anilines is 1. The van der Waals surface area contributed by atoms with Crippen LogP contribution in [0.15, 0.2) is 42.5 Å². The second-order valence-corrected chi connectivity index (χ2v) is 6.10. The molecule has 108 valence electrons. The monoisotopic (exact) mass is 434 g/mol. The molecule has 0 spiro atoms. The number of carbonyl (C=O) groups excluding carboxylic acids is 1. The van der Waals surface area contributed by atoms with Gasteiger partial charge in [-0.3, -0.25) is 10.1 Å². The van der Waals surface area contributed by atoms with Crippen LogP contribution in [0, 0.1) is 9.39 Å². The highest BCUT2D eigenvalue weighted by Gasteiger charge is 2.09. The average molecular weight is 435 g/mol. The number of carbonyl (C=O) groups is 1. The Kier molecular flexibility index (Phi) is 5.49. The van der Waals surface area contributed by atoms with Crippen molar-refractivity contribution in [1.29, 1.82) is 0 Å². The molecular formula is C14H9ClFIN2OS. The lowest BCUT2D eigenvalue weighted by Gasteiger charge is -2.11. The Bertz CT molecular complexity index is 694. The molecule has 2 N–H and O–H groups in total. The molecule has 0 heterocycles. The molecule has 0 aliphatic heterocycles. The smallest absolute Gasteiger partial charge is 0.257 e. The minimum Gasteiger partial charge on any atom is -0.331 e. The maximum atomic E-state index is 12.8. The first-order valence-electron chi connectivity index (χ1n) is 5.78. The van der Waals surface area contributed by atoms with Crippen molar-refractivity contribution in [2.75, 3.05) is 5.32 Å². The molecule has 2 aromatic rings. The number of rotatable bonds is 2. The number of amides is 1. The van der Waals surface area contributed by atoms with E-state index in [2.05, 4.69) is 33.2 Å². The minimum atomic E-state index is -0.422. The van der Waals surface area contributed by atoms with Crippen LogP contribution in [0.1, 0.15) is 10.4 Å². The van der Waals surface area contributed by atoms with Crippen molar-refractivity contribution in [3.05, 3.63) is 62.4 Å². The third kappa shape index (κ3) is 4.62. The SMILES string of the molecule is O=C(NC(=S)Nc1ccc(I)cc1Cl)c1ccc(F)cc1. The van der Waals surface area contributed by atoms with E-state index in [9.17, 15) is 9.18 Å². The topological polar surface area (TPSA) is 41.1 Å². The Morgan fingerprint density at radius 2 is 1.86 bits per heavy atom. The zero-order valence-corrected chi connectivity index (χ0v) is 14.2. The molecule has 0 saturated heterocycles. The molecule has 0 aliphatic rings. The van der Waals surface area contributed by atoms with Gasteiger partial charge in [0, 0.05) is 9.13 Å². The molecule has 0 saturated carbocycles. The summed E-state index contributed by atoms with van der Waals surface area (Å²) in [5.41, 5.74) is 0.913. The lowest BCUT2D eigenvalue weighted by atomic mass is 10.2. The van der Waals surface area contributed by atoms with E-state index in [0.717, 1.165) is 3.57 Å². The molecule has 2 rings (SSSR count). The Labute approximate surface area is 145 Å². The normalized spacial score (nSPS) is 10.0. The standard InChI is InChI=1S/C14H9ClFIN2OS/c15-11-7-10(17)5-6-12(11)18-14(21)19-13(20)8-1-3-9(16)4-2-8/h1-7H,(H2,18,19,20,21). The molecule has 0 aromatic heterocycles. The maximum absolute atomic E-state index is 12.8. The highest BCUT2D eigenvalue weighted by molar-refractivity contribution is 14.1. The lowest BCUT2D eigenvalue weighted by molar-refractivity contribution is 0.0977. The predicted octanol–water partition coefficient (Wildman–Crippen LogP) is 4.21. The largest absolute Gasteiger partial charge is 0.331 e. The fraction of sp³-hybridized carbons (Fsp3) is 0. The molecule has 0 unspecified atom stereocenters. The molecule has 0 aliphatic carbocycles. The summed E-state index contributed by atoms with van der Waals surface area (Å²) >= 11 is 13.3. The van der Waals surface area contributed by atoms with Gasteiger partial charge in [0.1, 0.15) is 5.82 Å². The minimum absolute atomic E-state index is 0.118. The Balaban J connectivity index is 2.01. The first-order valence-corrected chi connectivity index (χ1v) is 7.65. The quantitative estimate of drug-likeness (QED) is 0.550. The van der Waals surface area contributed by atoms with Gasteiger partial charge in [-0.25, -0.2) is 4.39 Å². The number of thiocarbonyl (C=S) groups is 1. The van der Waals surface area contributed by atoms with Gasteiger partial charge in [0.05, 0.1) is 10.7 Å². The van der Waals surface area contributed by atoms with Gasteiger partial charge >= 0.3 is 0 Å². The highest BCUT2D eigenvalue weighted by atomic mass is 127. The summed E-state index contributed by atoms with van der Waals surface area (Å²) in [5, 5.41) is 5.96. The second kappa shape index (κ2) is 7.15. The molecule has 0 fully saturated rings. The number of nitrogens with one attached hydrogen (secondary N) is 2. The van der Waals surface area contributed by atoms with Crippen LogP contribution >= 0.6 is 46.4 Å². The first kappa shape index (κ1) is 16.1. The van der Waals surface area contributed by atoms with Crippen molar-refractivity contribution >= 4 is 63.1 Å². The van der Waals surface area contributed by atoms with Gasteiger partial charge < -0.3 is 5.32 Å². The number of benzene rings is 2. The van der Waals surface area contributed by atoms with Crippen molar-refractivity contribution in [2.24, 2.45) is 0 Å². The van der Waals surface area contributed by atoms with E-state index in [0.29, 0.717) is 16.3 Å². The summed E-state index contributed by atoms with van der Waals surface area (Å²) in [6.07, 6.45) is 0. The van der Waals surface area contributed by atoms with Gasteiger partial charge in [-0.1, -0.05) is 11.6 Å². The third-order valence-electron chi connectivity index (χ3n) is 2.51. The maximum Gasteiger partial charge on any atom is 0.257 e. The molecule has 1 amide bonds. The van der Waals surface area contributed by atoms with E-state index in [1.807, 2.05) is 6.07 Å². The molecule has 2 aromatic carbocycles. The van der Waals surface area contributed by atoms with Crippen molar-refractivity contribution in [1.82, 2.24) is 5.32 Å². The third-order valence-corrected chi connectivity index (χ3v) is 3.70. The summed E-state index contributed by atoms with van der Waals surface area (Å²) < 4.78 is 13.8. The van der Waals surface area contributed by atoms with E-state index < -0.39 is 11.7 Å². The molecule has 3 nitrogen and oxygen atoms in total. The molecule has 0 radical (unpaired) electrons. The summed E-state index contributed by atoms with van der Waals surface area (Å²) in [5.74, 6) is -0.827. The number of halogens is 3. The van der Waals surface area contributed by atoms with Crippen LogP contribution in [0.5, 0.6) is 0 Å². The lowest BCUT2D eigenvalue weighted by Crippen LogP contribution is -2.34. The summed E-state index contributed by atoms with van der Waals surface area (Å²) in [7, 11) is 0. The van der Waals surface area contributed by atoms with Crippen LogP contribution in [0.25, 0.3) is 0 Å². The second-order valence-electron chi connectivity index (χ2n) is 4.04. The molecule has 0 atom stereocenters. The van der Waals surface area contributed by atoms with E-state index in [-0.39, 0.29) is 5.11 Å². The Morgan fingerprint density at radius 3 is 2.48 bits per heavy atom. The van der Waals surface area contributed by atoms with E-state index in [1.165, 1.54) is 24.3 Å². The number of hydrogen-bond acceptors (Lipinski definition) is 2. The van der Waals surface area contributed by atoms with Crippen LogP contribution in [-0.2, 0) is 0 Å². The van der Waals surface area contributed by atoms with E-state index >= 15 is 0 Å². The zero-order chi connectivity index (χ0) is 15.4. The van der Waals surface area contributed by atoms with Gasteiger partial charge in [-0.05, 0) is 77.3 Å². The summed E-state index contributed by atoms with van der Waals surface area (Å²) in [4.78, 5) is 11.9. The highest BCUT2D eigenvalue weighted by Crippen LogP contribution is 2.23. The summed E-state index contributed by atoms with van der Waals surface area (Å²) in [6.45, 7) is 0. The Hall–Kier alpha value is -1.25. The number of hydrogen-bond donors (Lipinski definition) is 2. The summed E-state index contributed by atoms with van der Waals surface area (Å²) in [6, 6.07) is 10.6. The van der Waals surface area contributed by atoms with Crippen LogP contribution in [0.4, 0.5) is 10.1 Å². The molecule has 7 heteroatoms. The van der Waals surface area contributed by atoms with Crippen molar-refractivity contribution < 1.29 is 9.18 Å². The molecule has 21 heavy (non-hydrogen) atoms. The first-order chi connectivity index (χ1) is 9.95. The fourth-order valence-corrected chi connectivity index (χ4v) is 2.63.